The molecule has 0 saturated carbocycles. The van der Waals surface area contributed by atoms with Crippen LogP contribution >= 0.6 is 0 Å². The molecule has 0 N–H and O–H groups in total. The first kappa shape index (κ1) is 23.6. The van der Waals surface area contributed by atoms with Gasteiger partial charge in [-0.05, 0) is 51.1 Å². The minimum absolute atomic E-state index is 0.157. The van der Waals surface area contributed by atoms with Crippen molar-refractivity contribution >= 4 is 18.3 Å². The zero-order valence-electron chi connectivity index (χ0n) is 19.5. The van der Waals surface area contributed by atoms with Gasteiger partial charge in [-0.2, -0.15) is 0 Å². The first-order valence-corrected chi connectivity index (χ1v) is 11.2. The van der Waals surface area contributed by atoms with Gasteiger partial charge >= 0.3 is 6.03 Å². The molecule has 3 rings (SSSR count). The van der Waals surface area contributed by atoms with E-state index in [1.54, 1.807) is 13.4 Å². The highest BCUT2D eigenvalue weighted by atomic mass is 16.2. The molecule has 0 aliphatic carbocycles. The Morgan fingerprint density at radius 2 is 1.79 bits per heavy atom. The third-order valence-electron chi connectivity index (χ3n) is 6.37. The molecule has 0 spiro atoms. The summed E-state index contributed by atoms with van der Waals surface area (Å²) < 4.78 is 0. The Kier molecular flexibility index (Phi) is 8.49. The second-order valence-corrected chi connectivity index (χ2v) is 9.48. The van der Waals surface area contributed by atoms with Gasteiger partial charge in [0.15, 0.2) is 12.2 Å². The highest BCUT2D eigenvalue weighted by Crippen LogP contribution is 2.25. The maximum Gasteiger partial charge on any atom is 0.328 e. The molecular weight excluding hydrogens is 366 g/mol. The number of urea groups is 1. The number of amides is 3. The number of carbonyl (C=O) groups is 2. The molecule has 0 bridgehead atoms. The summed E-state index contributed by atoms with van der Waals surface area (Å²) in [7, 11) is 5.48. The summed E-state index contributed by atoms with van der Waals surface area (Å²) in [6.45, 7) is 11.1. The number of fused-ring (bicyclic) bond motifs is 1. The fourth-order valence-electron chi connectivity index (χ4n) is 4.52. The van der Waals surface area contributed by atoms with Gasteiger partial charge in [-0.25, -0.2) is 9.79 Å². The van der Waals surface area contributed by atoms with Gasteiger partial charge in [0.2, 0.25) is 0 Å². The SMILES string of the molecule is CC(C)C1CCCCN1C.CC(C)CCCN1C=NC2C1C(=O)N(C)C(=O)N2C. The Balaban J connectivity index is 0.000000253. The number of carbonyl (C=O) groups excluding carboxylic acids is 2. The quantitative estimate of drug-likeness (QED) is 0.703. The Labute approximate surface area is 177 Å². The van der Waals surface area contributed by atoms with Crippen LogP contribution in [-0.4, -0.2) is 90.4 Å². The molecule has 29 heavy (non-hydrogen) atoms. The van der Waals surface area contributed by atoms with Crippen molar-refractivity contribution in [1.29, 1.82) is 0 Å². The molecule has 3 aliphatic rings. The maximum atomic E-state index is 12.2. The van der Waals surface area contributed by atoms with E-state index in [-0.39, 0.29) is 24.1 Å². The number of imide groups is 1. The molecule has 3 unspecified atom stereocenters. The minimum Gasteiger partial charge on any atom is -0.347 e. The average Bonchev–Trinajstić information content (AvgIpc) is 3.09. The third-order valence-corrected chi connectivity index (χ3v) is 6.37. The first-order chi connectivity index (χ1) is 13.6. The first-order valence-electron chi connectivity index (χ1n) is 11.2. The molecule has 0 aromatic rings. The van der Waals surface area contributed by atoms with E-state index in [4.69, 9.17) is 0 Å². The molecule has 3 amide bonds. The molecule has 0 aromatic heterocycles. The predicted octanol–water partition coefficient (Wildman–Crippen LogP) is 3.11. The van der Waals surface area contributed by atoms with Gasteiger partial charge in [0, 0.05) is 26.7 Å². The lowest BCUT2D eigenvalue weighted by Gasteiger charge is -2.39. The van der Waals surface area contributed by atoms with Crippen molar-refractivity contribution in [2.45, 2.75) is 78.0 Å². The molecule has 3 atom stereocenters. The summed E-state index contributed by atoms with van der Waals surface area (Å²) in [5.74, 6) is 1.34. The van der Waals surface area contributed by atoms with E-state index in [2.05, 4.69) is 44.6 Å². The van der Waals surface area contributed by atoms with Crippen molar-refractivity contribution in [3.05, 3.63) is 0 Å². The molecule has 3 heterocycles. The van der Waals surface area contributed by atoms with Crippen molar-refractivity contribution in [2.24, 2.45) is 16.8 Å². The largest absolute Gasteiger partial charge is 0.347 e. The third kappa shape index (κ3) is 5.71. The van der Waals surface area contributed by atoms with Crippen molar-refractivity contribution in [3.8, 4) is 0 Å². The van der Waals surface area contributed by atoms with Gasteiger partial charge in [-0.1, -0.05) is 34.1 Å². The van der Waals surface area contributed by atoms with Crippen LogP contribution in [0.15, 0.2) is 4.99 Å². The Morgan fingerprint density at radius 3 is 2.34 bits per heavy atom. The van der Waals surface area contributed by atoms with Crippen LogP contribution in [0, 0.1) is 11.8 Å². The second-order valence-electron chi connectivity index (χ2n) is 9.48. The van der Waals surface area contributed by atoms with Gasteiger partial charge in [0.1, 0.15) is 0 Å². The monoisotopic (exact) mass is 407 g/mol. The van der Waals surface area contributed by atoms with E-state index in [0.29, 0.717) is 5.92 Å². The summed E-state index contributed by atoms with van der Waals surface area (Å²) >= 11 is 0. The van der Waals surface area contributed by atoms with E-state index in [9.17, 15) is 9.59 Å². The normalized spacial score (nSPS) is 27.6. The smallest absolute Gasteiger partial charge is 0.328 e. The lowest BCUT2D eigenvalue weighted by Crippen LogP contribution is -2.63. The lowest BCUT2D eigenvalue weighted by molar-refractivity contribution is -0.136. The summed E-state index contributed by atoms with van der Waals surface area (Å²) in [5, 5.41) is 0. The Morgan fingerprint density at radius 1 is 1.10 bits per heavy atom. The fraction of sp³-hybridized carbons (Fsp3) is 0.864. The molecule has 2 saturated heterocycles. The molecule has 0 aromatic carbocycles. The number of likely N-dealkylation sites (tertiary alicyclic amines) is 1. The van der Waals surface area contributed by atoms with Crippen LogP contribution in [0.25, 0.3) is 0 Å². The van der Waals surface area contributed by atoms with Crippen LogP contribution in [0.5, 0.6) is 0 Å². The zero-order chi connectivity index (χ0) is 21.7. The summed E-state index contributed by atoms with van der Waals surface area (Å²) in [5.41, 5.74) is 0. The Hall–Kier alpha value is -1.63. The van der Waals surface area contributed by atoms with Crippen molar-refractivity contribution < 1.29 is 9.59 Å². The summed E-state index contributed by atoms with van der Waals surface area (Å²) in [6, 6.07) is 0.223. The van der Waals surface area contributed by atoms with Crippen molar-refractivity contribution in [1.82, 2.24) is 19.6 Å². The molecule has 2 fully saturated rings. The average molecular weight is 408 g/mol. The number of rotatable bonds is 5. The molecular formula is C22H41N5O2. The van der Waals surface area contributed by atoms with Gasteiger partial charge in [0.25, 0.3) is 5.91 Å². The van der Waals surface area contributed by atoms with Crippen molar-refractivity contribution in [3.63, 3.8) is 0 Å². The van der Waals surface area contributed by atoms with Gasteiger partial charge in [-0.3, -0.25) is 9.69 Å². The predicted molar refractivity (Wildman–Crippen MR) is 118 cm³/mol. The van der Waals surface area contributed by atoms with E-state index in [1.807, 2.05) is 4.90 Å². The number of piperidine rings is 1. The topological polar surface area (TPSA) is 59.5 Å². The van der Waals surface area contributed by atoms with E-state index in [1.165, 1.54) is 42.7 Å². The lowest BCUT2D eigenvalue weighted by atomic mass is 9.93. The van der Waals surface area contributed by atoms with E-state index >= 15 is 0 Å². The Bertz CT molecular complexity index is 592. The van der Waals surface area contributed by atoms with Crippen molar-refractivity contribution in [2.75, 3.05) is 34.2 Å². The van der Waals surface area contributed by atoms with E-state index in [0.717, 1.165) is 31.3 Å². The van der Waals surface area contributed by atoms with Gasteiger partial charge in [0.05, 0.1) is 6.34 Å². The number of likely N-dealkylation sites (N-methyl/N-ethyl adjacent to an activating group) is 2. The van der Waals surface area contributed by atoms with Crippen LogP contribution < -0.4 is 0 Å². The van der Waals surface area contributed by atoms with Crippen LogP contribution in [0.4, 0.5) is 4.79 Å². The van der Waals surface area contributed by atoms with Crippen LogP contribution in [-0.2, 0) is 4.79 Å². The van der Waals surface area contributed by atoms with Crippen LogP contribution in [0.2, 0.25) is 0 Å². The summed E-state index contributed by atoms with van der Waals surface area (Å²) in [4.78, 5) is 35.6. The molecule has 3 aliphatic heterocycles. The molecule has 7 heteroatoms. The minimum atomic E-state index is -0.366. The van der Waals surface area contributed by atoms with Crippen LogP contribution in [0.3, 0.4) is 0 Å². The second kappa shape index (κ2) is 10.4. The number of hydrogen-bond donors (Lipinski definition) is 0. The summed E-state index contributed by atoms with van der Waals surface area (Å²) in [6.07, 6.45) is 7.76. The number of nitrogens with zero attached hydrogens (tertiary/aromatic N) is 5. The van der Waals surface area contributed by atoms with Crippen LogP contribution in [0.1, 0.15) is 59.8 Å². The maximum absolute atomic E-state index is 12.2. The molecule has 7 nitrogen and oxygen atoms in total. The molecule has 166 valence electrons. The highest BCUT2D eigenvalue weighted by molar-refractivity contribution is 6.01. The highest BCUT2D eigenvalue weighted by Gasteiger charge is 2.48. The molecule has 0 radical (unpaired) electrons. The number of aliphatic imine (C=N–C) groups is 1. The van der Waals surface area contributed by atoms with E-state index < -0.39 is 0 Å². The number of hydrogen-bond acceptors (Lipinski definition) is 5. The fourth-order valence-corrected chi connectivity index (χ4v) is 4.52. The standard InChI is InChI=1S/C13H22N4O2.C9H19N/c1-9(2)6-5-7-17-8-14-11-10(17)12(18)16(4)13(19)15(11)3;1-8(2)9-6-4-5-7-10(9)3/h8-11H,5-7H2,1-4H3;8-9H,4-7H2,1-3H3. The van der Waals surface area contributed by atoms with Gasteiger partial charge in [-0.15, -0.1) is 0 Å². The van der Waals surface area contributed by atoms with Gasteiger partial charge < -0.3 is 14.7 Å². The zero-order valence-corrected chi connectivity index (χ0v) is 19.5.